The molecule has 0 bridgehead atoms. The van der Waals surface area contributed by atoms with E-state index in [-0.39, 0.29) is 11.4 Å². The van der Waals surface area contributed by atoms with Crippen LogP contribution < -0.4 is 14.8 Å². The van der Waals surface area contributed by atoms with Gasteiger partial charge in [0.15, 0.2) is 11.9 Å². The van der Waals surface area contributed by atoms with Crippen LogP contribution in [0.3, 0.4) is 0 Å². The van der Waals surface area contributed by atoms with Crippen LogP contribution in [0.5, 0.6) is 11.5 Å². The lowest BCUT2D eigenvalue weighted by molar-refractivity contribution is -0.386. The number of halogens is 1. The van der Waals surface area contributed by atoms with Gasteiger partial charge in [-0.2, -0.15) is 0 Å². The molecular weight excluding hydrogens is 348 g/mol. The number of benzene rings is 2. The lowest BCUT2D eigenvalue weighted by atomic mass is 10.2. The Morgan fingerprint density at radius 3 is 2.52 bits per heavy atom. The first kappa shape index (κ1) is 18.5. The fourth-order valence-corrected chi connectivity index (χ4v) is 2.36. The molecule has 1 unspecified atom stereocenters. The molecule has 25 heavy (non-hydrogen) atoms. The van der Waals surface area contributed by atoms with Gasteiger partial charge in [0.2, 0.25) is 0 Å². The van der Waals surface area contributed by atoms with E-state index >= 15 is 0 Å². The number of nitro benzene ring substituents is 1. The van der Waals surface area contributed by atoms with Crippen molar-refractivity contribution in [2.75, 3.05) is 12.4 Å². The zero-order chi connectivity index (χ0) is 18.6. The van der Waals surface area contributed by atoms with Crippen LogP contribution in [0.15, 0.2) is 36.4 Å². The summed E-state index contributed by atoms with van der Waals surface area (Å²) in [6.07, 6.45) is -0.942. The maximum atomic E-state index is 12.3. The molecule has 1 amide bonds. The highest BCUT2D eigenvalue weighted by Gasteiger charge is 2.21. The van der Waals surface area contributed by atoms with Crippen LogP contribution in [-0.2, 0) is 4.79 Å². The highest BCUT2D eigenvalue weighted by atomic mass is 35.5. The van der Waals surface area contributed by atoms with Crippen LogP contribution >= 0.6 is 11.6 Å². The summed E-state index contributed by atoms with van der Waals surface area (Å²) in [6, 6.07) is 9.33. The van der Waals surface area contributed by atoms with E-state index in [0.717, 1.165) is 5.56 Å². The monoisotopic (exact) mass is 364 g/mol. The van der Waals surface area contributed by atoms with Crippen LogP contribution in [0, 0.1) is 17.0 Å². The van der Waals surface area contributed by atoms with Crippen LogP contribution in [0.2, 0.25) is 5.02 Å². The molecule has 7 nitrogen and oxygen atoms in total. The first-order valence-electron chi connectivity index (χ1n) is 7.38. The summed E-state index contributed by atoms with van der Waals surface area (Å²) in [6.45, 7) is 3.24. The van der Waals surface area contributed by atoms with Gasteiger partial charge < -0.3 is 14.8 Å². The normalized spacial score (nSPS) is 11.5. The Kier molecular flexibility index (Phi) is 5.82. The van der Waals surface area contributed by atoms with Gasteiger partial charge in [0.1, 0.15) is 5.75 Å². The molecule has 0 saturated carbocycles. The smallest absolute Gasteiger partial charge is 0.311 e. The highest BCUT2D eigenvalue weighted by Crippen LogP contribution is 2.29. The first-order chi connectivity index (χ1) is 11.8. The summed E-state index contributed by atoms with van der Waals surface area (Å²) >= 11 is 6.01. The fourth-order valence-electron chi connectivity index (χ4n) is 2.10. The van der Waals surface area contributed by atoms with Gasteiger partial charge in [-0.3, -0.25) is 14.9 Å². The predicted octanol–water partition coefficient (Wildman–Crippen LogP) is 3.97. The Hall–Kier alpha value is -2.80. The van der Waals surface area contributed by atoms with Gasteiger partial charge in [-0.25, -0.2) is 0 Å². The SMILES string of the molecule is COc1ccc(NC(=O)C(C)Oc2ccc(C)cc2[N+](=O)[O-])cc1Cl. The van der Waals surface area contributed by atoms with Crippen molar-refractivity contribution in [2.45, 2.75) is 20.0 Å². The van der Waals surface area contributed by atoms with E-state index in [9.17, 15) is 14.9 Å². The van der Waals surface area contributed by atoms with E-state index in [1.54, 1.807) is 31.2 Å². The number of carbonyl (C=O) groups excluding carboxylic acids is 1. The third kappa shape index (κ3) is 4.60. The van der Waals surface area contributed by atoms with Crippen molar-refractivity contribution < 1.29 is 19.2 Å². The molecule has 1 N–H and O–H groups in total. The highest BCUT2D eigenvalue weighted by molar-refractivity contribution is 6.32. The number of methoxy groups -OCH3 is 1. The maximum absolute atomic E-state index is 12.3. The summed E-state index contributed by atoms with van der Waals surface area (Å²) in [5, 5.41) is 14.1. The third-order valence-corrected chi connectivity index (χ3v) is 3.70. The Labute approximate surface area is 149 Å². The Morgan fingerprint density at radius 1 is 1.24 bits per heavy atom. The number of hydrogen-bond donors (Lipinski definition) is 1. The average molecular weight is 365 g/mol. The number of aryl methyl sites for hydroxylation is 1. The second kappa shape index (κ2) is 7.85. The van der Waals surface area contributed by atoms with Crippen molar-refractivity contribution in [2.24, 2.45) is 0 Å². The van der Waals surface area contributed by atoms with Crippen molar-refractivity contribution in [3.8, 4) is 11.5 Å². The van der Waals surface area contributed by atoms with Crippen LogP contribution in [0.1, 0.15) is 12.5 Å². The van der Waals surface area contributed by atoms with Crippen LogP contribution in [-0.4, -0.2) is 24.0 Å². The van der Waals surface area contributed by atoms with E-state index in [2.05, 4.69) is 5.32 Å². The van der Waals surface area contributed by atoms with Crippen LogP contribution in [0.4, 0.5) is 11.4 Å². The Balaban J connectivity index is 2.11. The molecule has 2 aromatic rings. The summed E-state index contributed by atoms with van der Waals surface area (Å²) in [5.74, 6) is 0.0568. The molecule has 2 aromatic carbocycles. The molecule has 0 aromatic heterocycles. The van der Waals surface area contributed by atoms with Crippen molar-refractivity contribution in [3.05, 3.63) is 57.1 Å². The molecule has 0 aliphatic heterocycles. The quantitative estimate of drug-likeness (QED) is 0.618. The maximum Gasteiger partial charge on any atom is 0.311 e. The molecule has 1 atom stereocenters. The van der Waals surface area contributed by atoms with Crippen LogP contribution in [0.25, 0.3) is 0 Å². The van der Waals surface area contributed by atoms with Gasteiger partial charge in [-0.1, -0.05) is 17.7 Å². The number of nitrogens with one attached hydrogen (secondary N) is 1. The zero-order valence-electron chi connectivity index (χ0n) is 13.9. The molecular formula is C17H17ClN2O5. The summed E-state index contributed by atoms with van der Waals surface area (Å²) in [4.78, 5) is 22.8. The van der Waals surface area contributed by atoms with Gasteiger partial charge in [0.05, 0.1) is 17.1 Å². The molecule has 0 fully saturated rings. The van der Waals surface area contributed by atoms with E-state index in [4.69, 9.17) is 21.1 Å². The number of rotatable bonds is 6. The summed E-state index contributed by atoms with van der Waals surface area (Å²) in [7, 11) is 1.49. The number of amides is 1. The summed E-state index contributed by atoms with van der Waals surface area (Å²) < 4.78 is 10.5. The lowest BCUT2D eigenvalue weighted by Crippen LogP contribution is -2.30. The van der Waals surface area contributed by atoms with Gasteiger partial charge in [0, 0.05) is 11.8 Å². The van der Waals surface area contributed by atoms with E-state index in [1.165, 1.54) is 26.2 Å². The second-order valence-electron chi connectivity index (χ2n) is 5.33. The predicted molar refractivity (Wildman–Crippen MR) is 94.6 cm³/mol. The number of hydrogen-bond acceptors (Lipinski definition) is 5. The van der Waals surface area contributed by atoms with Gasteiger partial charge in [-0.15, -0.1) is 0 Å². The molecule has 0 aliphatic rings. The first-order valence-corrected chi connectivity index (χ1v) is 7.75. The molecule has 8 heteroatoms. The molecule has 0 saturated heterocycles. The molecule has 132 valence electrons. The minimum absolute atomic E-state index is 0.0333. The van der Waals surface area contributed by atoms with Crippen molar-refractivity contribution in [1.82, 2.24) is 0 Å². The largest absolute Gasteiger partial charge is 0.495 e. The number of carbonyl (C=O) groups is 1. The fraction of sp³-hybridized carbons (Fsp3) is 0.235. The Morgan fingerprint density at radius 2 is 1.92 bits per heavy atom. The van der Waals surface area contributed by atoms with E-state index < -0.39 is 16.9 Å². The van der Waals surface area contributed by atoms with Gasteiger partial charge >= 0.3 is 5.69 Å². The summed E-state index contributed by atoms with van der Waals surface area (Å²) in [5.41, 5.74) is 1.00. The molecule has 0 radical (unpaired) electrons. The number of ether oxygens (including phenoxy) is 2. The number of nitro groups is 1. The standard InChI is InChI=1S/C17H17ClN2O5/c1-10-4-6-16(14(8-10)20(22)23)25-11(2)17(21)19-12-5-7-15(24-3)13(18)9-12/h4-9,11H,1-3H3,(H,19,21). The minimum Gasteiger partial charge on any atom is -0.495 e. The van der Waals surface area contributed by atoms with E-state index in [1.807, 2.05) is 0 Å². The van der Waals surface area contributed by atoms with Gasteiger partial charge in [-0.05, 0) is 43.7 Å². The zero-order valence-corrected chi connectivity index (χ0v) is 14.7. The van der Waals surface area contributed by atoms with Gasteiger partial charge in [0.25, 0.3) is 5.91 Å². The van der Waals surface area contributed by atoms with Crippen molar-refractivity contribution in [3.63, 3.8) is 0 Å². The molecule has 0 spiro atoms. The Bertz CT molecular complexity index is 810. The lowest BCUT2D eigenvalue weighted by Gasteiger charge is -2.15. The van der Waals surface area contributed by atoms with Crippen molar-refractivity contribution in [1.29, 1.82) is 0 Å². The number of anilines is 1. The molecule has 2 rings (SSSR count). The number of nitrogens with zero attached hydrogens (tertiary/aromatic N) is 1. The molecule has 0 aliphatic carbocycles. The second-order valence-corrected chi connectivity index (χ2v) is 5.73. The van der Waals surface area contributed by atoms with E-state index in [0.29, 0.717) is 16.5 Å². The third-order valence-electron chi connectivity index (χ3n) is 3.40. The minimum atomic E-state index is -0.942. The topological polar surface area (TPSA) is 90.7 Å². The molecule has 0 heterocycles. The van der Waals surface area contributed by atoms with Crippen molar-refractivity contribution >= 4 is 28.9 Å². The average Bonchev–Trinajstić information content (AvgIpc) is 2.56.